The first-order chi connectivity index (χ1) is 9.13. The first-order valence-electron chi connectivity index (χ1n) is 5.98. The van der Waals surface area contributed by atoms with Gasteiger partial charge in [-0.25, -0.2) is 4.39 Å². The van der Waals surface area contributed by atoms with E-state index in [1.54, 1.807) is 19.2 Å². The molecule has 2 nitrogen and oxygen atoms in total. The fourth-order valence-corrected chi connectivity index (χ4v) is 2.98. The van der Waals surface area contributed by atoms with E-state index >= 15 is 0 Å². The van der Waals surface area contributed by atoms with Gasteiger partial charge in [0, 0.05) is 21.4 Å². The molecule has 0 radical (unpaired) electrons. The first kappa shape index (κ1) is 13.9. The largest absolute Gasteiger partial charge is 0.496 e. The van der Waals surface area contributed by atoms with Gasteiger partial charge in [0.2, 0.25) is 0 Å². The van der Waals surface area contributed by atoms with Crippen LogP contribution in [0.3, 0.4) is 0 Å². The van der Waals surface area contributed by atoms with Gasteiger partial charge in [0.1, 0.15) is 11.6 Å². The molecule has 2 aromatic carbocycles. The Labute approximate surface area is 116 Å². The zero-order valence-corrected chi connectivity index (χ0v) is 11.7. The van der Waals surface area contributed by atoms with Crippen LogP contribution in [0.5, 0.6) is 5.75 Å². The SMILES string of the molecule is COc1cccc(Sc2ccccc2F)c1C(C)N. The molecule has 0 fully saturated rings. The number of benzene rings is 2. The molecule has 1 unspecified atom stereocenters. The number of rotatable bonds is 4. The Bertz CT molecular complexity index is 572. The van der Waals surface area contributed by atoms with Crippen molar-refractivity contribution in [2.24, 2.45) is 5.73 Å². The lowest BCUT2D eigenvalue weighted by Crippen LogP contribution is -2.08. The molecule has 2 aromatic rings. The van der Waals surface area contributed by atoms with Crippen molar-refractivity contribution in [2.45, 2.75) is 22.8 Å². The molecule has 0 saturated heterocycles. The maximum absolute atomic E-state index is 13.7. The van der Waals surface area contributed by atoms with Gasteiger partial charge in [-0.1, -0.05) is 30.0 Å². The van der Waals surface area contributed by atoms with E-state index in [0.29, 0.717) is 4.90 Å². The Morgan fingerprint density at radius 1 is 1.11 bits per heavy atom. The fraction of sp³-hybridized carbons (Fsp3) is 0.200. The van der Waals surface area contributed by atoms with E-state index in [0.717, 1.165) is 16.2 Å². The summed E-state index contributed by atoms with van der Waals surface area (Å²) >= 11 is 1.36. The maximum Gasteiger partial charge on any atom is 0.137 e. The van der Waals surface area contributed by atoms with Crippen LogP contribution < -0.4 is 10.5 Å². The van der Waals surface area contributed by atoms with Crippen molar-refractivity contribution in [3.8, 4) is 5.75 Å². The van der Waals surface area contributed by atoms with Gasteiger partial charge < -0.3 is 10.5 Å². The van der Waals surface area contributed by atoms with Crippen molar-refractivity contribution in [1.82, 2.24) is 0 Å². The molecular formula is C15H16FNOS. The third kappa shape index (κ3) is 3.08. The Balaban J connectivity index is 2.43. The monoisotopic (exact) mass is 277 g/mol. The molecule has 0 aliphatic carbocycles. The number of hydrogen-bond acceptors (Lipinski definition) is 3. The van der Waals surface area contributed by atoms with Crippen LogP contribution in [0.1, 0.15) is 18.5 Å². The number of methoxy groups -OCH3 is 1. The molecule has 0 amide bonds. The molecule has 2 N–H and O–H groups in total. The average Bonchev–Trinajstić information content (AvgIpc) is 2.40. The van der Waals surface area contributed by atoms with Crippen LogP contribution in [0.15, 0.2) is 52.3 Å². The second-order valence-corrected chi connectivity index (χ2v) is 5.28. The van der Waals surface area contributed by atoms with E-state index in [2.05, 4.69) is 0 Å². The van der Waals surface area contributed by atoms with Crippen molar-refractivity contribution in [1.29, 1.82) is 0 Å². The van der Waals surface area contributed by atoms with E-state index in [4.69, 9.17) is 10.5 Å². The minimum Gasteiger partial charge on any atom is -0.496 e. The number of halogens is 1. The standard InChI is InChI=1S/C15H16FNOS/c1-10(17)15-12(18-2)7-5-9-14(15)19-13-8-4-3-6-11(13)16/h3-10H,17H2,1-2H3. The van der Waals surface area contributed by atoms with Gasteiger partial charge in [0.25, 0.3) is 0 Å². The Hall–Kier alpha value is -1.52. The normalized spacial score (nSPS) is 12.2. The minimum absolute atomic E-state index is 0.176. The summed E-state index contributed by atoms with van der Waals surface area (Å²) in [5, 5.41) is 0. The van der Waals surface area contributed by atoms with E-state index in [1.165, 1.54) is 17.8 Å². The summed E-state index contributed by atoms with van der Waals surface area (Å²) in [5.41, 5.74) is 6.90. The van der Waals surface area contributed by atoms with Crippen LogP contribution in [0.25, 0.3) is 0 Å². The molecule has 0 bridgehead atoms. The van der Waals surface area contributed by atoms with Gasteiger partial charge in [-0.05, 0) is 31.2 Å². The molecular weight excluding hydrogens is 261 g/mol. The molecule has 0 saturated carbocycles. The van der Waals surface area contributed by atoms with Crippen molar-refractivity contribution in [2.75, 3.05) is 7.11 Å². The van der Waals surface area contributed by atoms with Crippen LogP contribution in [0.2, 0.25) is 0 Å². The lowest BCUT2D eigenvalue weighted by atomic mass is 10.1. The summed E-state index contributed by atoms with van der Waals surface area (Å²) in [7, 11) is 1.61. The summed E-state index contributed by atoms with van der Waals surface area (Å²) in [6, 6.07) is 12.2. The molecule has 0 aliphatic rings. The van der Waals surface area contributed by atoms with Crippen molar-refractivity contribution in [3.05, 3.63) is 53.8 Å². The zero-order chi connectivity index (χ0) is 13.8. The van der Waals surface area contributed by atoms with Gasteiger partial charge in [0.05, 0.1) is 7.11 Å². The highest BCUT2D eigenvalue weighted by atomic mass is 32.2. The van der Waals surface area contributed by atoms with Gasteiger partial charge >= 0.3 is 0 Å². The predicted octanol–water partition coefficient (Wildman–Crippen LogP) is 4.01. The summed E-state index contributed by atoms with van der Waals surface area (Å²) in [4.78, 5) is 1.50. The maximum atomic E-state index is 13.7. The third-order valence-corrected chi connectivity index (χ3v) is 3.88. The number of nitrogens with two attached hydrogens (primary N) is 1. The number of ether oxygens (including phenoxy) is 1. The van der Waals surface area contributed by atoms with Crippen LogP contribution in [-0.2, 0) is 0 Å². The number of hydrogen-bond donors (Lipinski definition) is 1. The molecule has 2 rings (SSSR count). The first-order valence-corrected chi connectivity index (χ1v) is 6.80. The van der Waals surface area contributed by atoms with Crippen LogP contribution in [0, 0.1) is 5.82 Å². The van der Waals surface area contributed by atoms with Crippen LogP contribution in [0.4, 0.5) is 4.39 Å². The second-order valence-electron chi connectivity index (χ2n) is 4.19. The van der Waals surface area contributed by atoms with Gasteiger partial charge in [-0.15, -0.1) is 0 Å². The quantitative estimate of drug-likeness (QED) is 0.917. The van der Waals surface area contributed by atoms with Gasteiger partial charge in [-0.2, -0.15) is 0 Å². The van der Waals surface area contributed by atoms with Crippen LogP contribution >= 0.6 is 11.8 Å². The molecule has 0 aliphatic heterocycles. The van der Waals surface area contributed by atoms with E-state index < -0.39 is 0 Å². The topological polar surface area (TPSA) is 35.2 Å². The average molecular weight is 277 g/mol. The van der Waals surface area contributed by atoms with Crippen molar-refractivity contribution in [3.63, 3.8) is 0 Å². The Morgan fingerprint density at radius 3 is 2.42 bits per heavy atom. The molecule has 100 valence electrons. The van der Waals surface area contributed by atoms with Crippen molar-refractivity contribution < 1.29 is 9.13 Å². The van der Waals surface area contributed by atoms with E-state index in [-0.39, 0.29) is 11.9 Å². The highest BCUT2D eigenvalue weighted by molar-refractivity contribution is 7.99. The summed E-state index contributed by atoms with van der Waals surface area (Å²) in [6.07, 6.45) is 0. The van der Waals surface area contributed by atoms with Gasteiger partial charge in [0.15, 0.2) is 0 Å². The molecule has 4 heteroatoms. The second kappa shape index (κ2) is 6.08. The predicted molar refractivity (Wildman–Crippen MR) is 76.1 cm³/mol. The summed E-state index contributed by atoms with van der Waals surface area (Å²) in [5.74, 6) is 0.502. The third-order valence-electron chi connectivity index (χ3n) is 2.76. The Morgan fingerprint density at radius 2 is 1.79 bits per heavy atom. The van der Waals surface area contributed by atoms with E-state index in [9.17, 15) is 4.39 Å². The highest BCUT2D eigenvalue weighted by Crippen LogP contribution is 2.38. The Kier molecular flexibility index (Phi) is 4.45. The molecule has 0 heterocycles. The lowest BCUT2D eigenvalue weighted by molar-refractivity contribution is 0.405. The highest BCUT2D eigenvalue weighted by Gasteiger charge is 2.15. The smallest absolute Gasteiger partial charge is 0.137 e. The van der Waals surface area contributed by atoms with Crippen LogP contribution in [-0.4, -0.2) is 7.11 Å². The fourth-order valence-electron chi connectivity index (χ4n) is 1.89. The molecule has 19 heavy (non-hydrogen) atoms. The summed E-state index contributed by atoms with van der Waals surface area (Å²) in [6.45, 7) is 1.89. The van der Waals surface area contributed by atoms with E-state index in [1.807, 2.05) is 31.2 Å². The lowest BCUT2D eigenvalue weighted by Gasteiger charge is -2.16. The zero-order valence-electron chi connectivity index (χ0n) is 10.9. The molecule has 0 aromatic heterocycles. The molecule has 1 atom stereocenters. The minimum atomic E-state index is -0.231. The molecule has 0 spiro atoms. The van der Waals surface area contributed by atoms with Crippen molar-refractivity contribution >= 4 is 11.8 Å². The van der Waals surface area contributed by atoms with Gasteiger partial charge in [-0.3, -0.25) is 0 Å². The summed E-state index contributed by atoms with van der Waals surface area (Å²) < 4.78 is 19.0.